The van der Waals surface area contributed by atoms with Crippen LogP contribution in [0.5, 0.6) is 0 Å². The molecule has 1 heterocycles. The molecule has 0 aromatic carbocycles. The summed E-state index contributed by atoms with van der Waals surface area (Å²) in [7, 11) is 0. The van der Waals surface area contributed by atoms with Gasteiger partial charge in [0.1, 0.15) is 0 Å². The maximum Gasteiger partial charge on any atom is 0.157 e. The molecule has 1 atom stereocenters. The van der Waals surface area contributed by atoms with Gasteiger partial charge in [-0.1, -0.05) is 50.5 Å². The zero-order valence-corrected chi connectivity index (χ0v) is 13.7. The molecule has 1 aliphatic rings. The Balaban J connectivity index is 1.77. The van der Waals surface area contributed by atoms with Gasteiger partial charge in [0.2, 0.25) is 0 Å². The molecule has 0 radical (unpaired) electrons. The molecule has 21 heavy (non-hydrogen) atoms. The van der Waals surface area contributed by atoms with Crippen molar-refractivity contribution in [2.24, 2.45) is 0 Å². The van der Waals surface area contributed by atoms with E-state index in [0.717, 1.165) is 26.1 Å². The highest BCUT2D eigenvalue weighted by molar-refractivity contribution is 5.14. The van der Waals surface area contributed by atoms with Crippen molar-refractivity contribution in [2.75, 3.05) is 13.2 Å². The minimum Gasteiger partial charge on any atom is -0.353 e. The van der Waals surface area contributed by atoms with Crippen LogP contribution in [-0.2, 0) is 9.47 Å². The first kappa shape index (κ1) is 18.3. The van der Waals surface area contributed by atoms with E-state index in [4.69, 9.17) is 9.47 Å². The molecule has 0 aliphatic carbocycles. The normalized spacial score (nSPS) is 18.6. The molecule has 120 valence electrons. The van der Waals surface area contributed by atoms with Gasteiger partial charge in [0, 0.05) is 19.6 Å². The number of ether oxygens (including phenoxy) is 2. The van der Waals surface area contributed by atoms with Crippen LogP contribution in [0, 0.1) is 11.8 Å². The SMILES string of the molecule is CCC#C/C=C\CCCCCCCCOC1CCCCO1. The lowest BCUT2D eigenvalue weighted by molar-refractivity contribution is -0.162. The molecule has 1 saturated heterocycles. The van der Waals surface area contributed by atoms with E-state index in [2.05, 4.69) is 24.8 Å². The molecular weight excluding hydrogens is 260 g/mol. The van der Waals surface area contributed by atoms with Crippen molar-refractivity contribution >= 4 is 0 Å². The Kier molecular flexibility index (Phi) is 12.3. The third-order valence-corrected chi connectivity index (χ3v) is 3.69. The first-order valence-corrected chi connectivity index (χ1v) is 8.80. The summed E-state index contributed by atoms with van der Waals surface area (Å²) in [6, 6.07) is 0. The first-order chi connectivity index (χ1) is 10.4. The predicted octanol–water partition coefficient (Wildman–Crippen LogP) is 5.23. The van der Waals surface area contributed by atoms with Crippen LogP contribution >= 0.6 is 0 Å². The second kappa shape index (κ2) is 14.2. The molecule has 0 saturated carbocycles. The van der Waals surface area contributed by atoms with Gasteiger partial charge in [0.05, 0.1) is 0 Å². The lowest BCUT2D eigenvalue weighted by atomic mass is 10.1. The van der Waals surface area contributed by atoms with Gasteiger partial charge in [-0.2, -0.15) is 0 Å². The van der Waals surface area contributed by atoms with Crippen molar-refractivity contribution in [3.05, 3.63) is 12.2 Å². The summed E-state index contributed by atoms with van der Waals surface area (Å²) in [5.74, 6) is 6.08. The summed E-state index contributed by atoms with van der Waals surface area (Å²) in [6.45, 7) is 3.82. The molecular formula is C19H32O2. The summed E-state index contributed by atoms with van der Waals surface area (Å²) in [5.41, 5.74) is 0. The molecule has 0 amide bonds. The van der Waals surface area contributed by atoms with Crippen LogP contribution in [0.15, 0.2) is 12.2 Å². The first-order valence-electron chi connectivity index (χ1n) is 8.80. The molecule has 1 rings (SSSR count). The second-order valence-electron chi connectivity index (χ2n) is 5.65. The number of allylic oxidation sites excluding steroid dienone is 2. The van der Waals surface area contributed by atoms with Gasteiger partial charge in [-0.3, -0.25) is 0 Å². The van der Waals surface area contributed by atoms with Gasteiger partial charge in [-0.25, -0.2) is 0 Å². The van der Waals surface area contributed by atoms with Crippen molar-refractivity contribution in [1.29, 1.82) is 0 Å². The molecule has 1 aliphatic heterocycles. The van der Waals surface area contributed by atoms with Gasteiger partial charge in [0.25, 0.3) is 0 Å². The molecule has 0 aromatic heterocycles. The lowest BCUT2D eigenvalue weighted by Gasteiger charge is -2.22. The summed E-state index contributed by atoms with van der Waals surface area (Å²) in [4.78, 5) is 0. The van der Waals surface area contributed by atoms with Crippen LogP contribution in [0.2, 0.25) is 0 Å². The summed E-state index contributed by atoms with van der Waals surface area (Å²) >= 11 is 0. The molecule has 0 aromatic rings. The number of rotatable bonds is 10. The van der Waals surface area contributed by atoms with Crippen LogP contribution in [-0.4, -0.2) is 19.5 Å². The van der Waals surface area contributed by atoms with Crippen molar-refractivity contribution in [2.45, 2.75) is 83.8 Å². The van der Waals surface area contributed by atoms with E-state index in [1.165, 1.54) is 57.8 Å². The van der Waals surface area contributed by atoms with Gasteiger partial charge in [0.15, 0.2) is 6.29 Å². The smallest absolute Gasteiger partial charge is 0.157 e. The van der Waals surface area contributed by atoms with Crippen LogP contribution in [0.3, 0.4) is 0 Å². The quantitative estimate of drug-likeness (QED) is 0.405. The Morgan fingerprint density at radius 2 is 1.90 bits per heavy atom. The van der Waals surface area contributed by atoms with E-state index in [1.54, 1.807) is 0 Å². The van der Waals surface area contributed by atoms with E-state index in [1.807, 2.05) is 6.08 Å². The average Bonchev–Trinajstić information content (AvgIpc) is 2.53. The minimum atomic E-state index is 0.0846. The molecule has 0 bridgehead atoms. The van der Waals surface area contributed by atoms with Crippen LogP contribution in [0.1, 0.15) is 77.6 Å². The Labute approximate surface area is 131 Å². The van der Waals surface area contributed by atoms with Crippen molar-refractivity contribution in [3.8, 4) is 11.8 Å². The van der Waals surface area contributed by atoms with Crippen molar-refractivity contribution < 1.29 is 9.47 Å². The number of unbranched alkanes of at least 4 members (excludes halogenated alkanes) is 6. The Morgan fingerprint density at radius 3 is 2.67 bits per heavy atom. The van der Waals surface area contributed by atoms with E-state index in [9.17, 15) is 0 Å². The molecule has 1 fully saturated rings. The Hall–Kier alpha value is -0.780. The lowest BCUT2D eigenvalue weighted by Crippen LogP contribution is -2.22. The topological polar surface area (TPSA) is 18.5 Å². The highest BCUT2D eigenvalue weighted by Crippen LogP contribution is 2.14. The van der Waals surface area contributed by atoms with E-state index < -0.39 is 0 Å². The van der Waals surface area contributed by atoms with Gasteiger partial charge >= 0.3 is 0 Å². The van der Waals surface area contributed by atoms with Crippen molar-refractivity contribution in [3.63, 3.8) is 0 Å². The zero-order valence-electron chi connectivity index (χ0n) is 13.7. The minimum absolute atomic E-state index is 0.0846. The van der Waals surface area contributed by atoms with Gasteiger partial charge in [-0.15, -0.1) is 0 Å². The Morgan fingerprint density at radius 1 is 1.10 bits per heavy atom. The molecule has 0 N–H and O–H groups in total. The summed E-state index contributed by atoms with van der Waals surface area (Å²) in [5, 5.41) is 0. The van der Waals surface area contributed by atoms with E-state index in [-0.39, 0.29) is 6.29 Å². The predicted molar refractivity (Wildman–Crippen MR) is 89.1 cm³/mol. The third-order valence-electron chi connectivity index (χ3n) is 3.69. The van der Waals surface area contributed by atoms with E-state index in [0.29, 0.717) is 0 Å². The largest absolute Gasteiger partial charge is 0.353 e. The summed E-state index contributed by atoms with van der Waals surface area (Å²) in [6.07, 6.45) is 17.7. The Bertz CT molecular complexity index is 305. The number of hydrogen-bond donors (Lipinski definition) is 0. The molecule has 2 nitrogen and oxygen atoms in total. The monoisotopic (exact) mass is 292 g/mol. The second-order valence-corrected chi connectivity index (χ2v) is 5.65. The fourth-order valence-electron chi connectivity index (χ4n) is 2.43. The fraction of sp³-hybridized carbons (Fsp3) is 0.789. The van der Waals surface area contributed by atoms with Crippen LogP contribution < -0.4 is 0 Å². The third kappa shape index (κ3) is 11.5. The maximum atomic E-state index is 5.73. The molecule has 1 unspecified atom stereocenters. The zero-order chi connectivity index (χ0) is 15.0. The maximum absolute atomic E-state index is 5.73. The van der Waals surface area contributed by atoms with Crippen LogP contribution in [0.25, 0.3) is 0 Å². The standard InChI is InChI=1S/C19H32O2/c1-2-3-4-5-6-7-8-9-10-11-12-14-17-20-19-16-13-15-18-21-19/h5-6,19H,2,7-18H2,1H3/b6-5-. The van der Waals surface area contributed by atoms with Crippen LogP contribution in [0.4, 0.5) is 0 Å². The highest BCUT2D eigenvalue weighted by Gasteiger charge is 2.13. The highest BCUT2D eigenvalue weighted by atomic mass is 16.7. The number of hydrogen-bond acceptors (Lipinski definition) is 2. The van der Waals surface area contributed by atoms with Gasteiger partial charge in [-0.05, 0) is 44.6 Å². The average molecular weight is 292 g/mol. The molecule has 0 spiro atoms. The summed E-state index contributed by atoms with van der Waals surface area (Å²) < 4.78 is 11.3. The van der Waals surface area contributed by atoms with Gasteiger partial charge < -0.3 is 9.47 Å². The van der Waals surface area contributed by atoms with E-state index >= 15 is 0 Å². The fourth-order valence-corrected chi connectivity index (χ4v) is 2.43. The molecule has 2 heteroatoms. The van der Waals surface area contributed by atoms with Crippen molar-refractivity contribution in [1.82, 2.24) is 0 Å².